The Labute approximate surface area is 79.3 Å². The zero-order valence-electron chi connectivity index (χ0n) is 7.27. The van der Waals surface area contributed by atoms with Crippen molar-refractivity contribution in [2.24, 2.45) is 11.5 Å². The van der Waals surface area contributed by atoms with E-state index in [9.17, 15) is 5.11 Å². The summed E-state index contributed by atoms with van der Waals surface area (Å²) in [7, 11) is 0. The standard InChI is InChI=1S/C8H10N4O2/c9-4-2-1-3-5-6(4)7(12-14-5)8(10,11)13/h1-3,13H,9-11H2. The van der Waals surface area contributed by atoms with Crippen LogP contribution in [0.5, 0.6) is 0 Å². The Morgan fingerprint density at radius 2 is 2.07 bits per heavy atom. The fourth-order valence-corrected chi connectivity index (χ4v) is 1.29. The Morgan fingerprint density at radius 1 is 1.36 bits per heavy atom. The SMILES string of the molecule is Nc1cccc2onc(C(N)(N)O)c12. The Kier molecular flexibility index (Phi) is 1.71. The van der Waals surface area contributed by atoms with Crippen molar-refractivity contribution in [2.45, 2.75) is 5.85 Å². The van der Waals surface area contributed by atoms with Gasteiger partial charge >= 0.3 is 0 Å². The van der Waals surface area contributed by atoms with Crippen molar-refractivity contribution in [3.63, 3.8) is 0 Å². The Hall–Kier alpha value is -1.63. The molecule has 14 heavy (non-hydrogen) atoms. The highest BCUT2D eigenvalue weighted by molar-refractivity contribution is 5.91. The number of benzene rings is 1. The number of rotatable bonds is 1. The summed E-state index contributed by atoms with van der Waals surface area (Å²) in [4.78, 5) is 0. The highest BCUT2D eigenvalue weighted by Gasteiger charge is 2.26. The normalized spacial score (nSPS) is 12.2. The van der Waals surface area contributed by atoms with Crippen molar-refractivity contribution in [3.05, 3.63) is 23.9 Å². The van der Waals surface area contributed by atoms with E-state index in [4.69, 9.17) is 21.7 Å². The minimum Gasteiger partial charge on any atom is -0.398 e. The van der Waals surface area contributed by atoms with Crippen molar-refractivity contribution in [1.29, 1.82) is 0 Å². The first-order valence-electron chi connectivity index (χ1n) is 3.94. The fourth-order valence-electron chi connectivity index (χ4n) is 1.29. The predicted molar refractivity (Wildman–Crippen MR) is 50.7 cm³/mol. The van der Waals surface area contributed by atoms with Crippen LogP contribution in [0.25, 0.3) is 11.0 Å². The van der Waals surface area contributed by atoms with Crippen LogP contribution in [0.4, 0.5) is 5.69 Å². The summed E-state index contributed by atoms with van der Waals surface area (Å²) in [6, 6.07) is 5.02. The third-order valence-corrected chi connectivity index (χ3v) is 1.91. The van der Waals surface area contributed by atoms with E-state index in [2.05, 4.69) is 5.16 Å². The third kappa shape index (κ3) is 1.22. The minimum absolute atomic E-state index is 0.0330. The Balaban J connectivity index is 2.80. The first-order valence-corrected chi connectivity index (χ1v) is 3.94. The highest BCUT2D eigenvalue weighted by atomic mass is 16.5. The number of nitrogen functional groups attached to an aromatic ring is 1. The number of aliphatic hydroxyl groups is 1. The Bertz CT molecular complexity index is 472. The maximum absolute atomic E-state index is 9.38. The van der Waals surface area contributed by atoms with Gasteiger partial charge in [-0.1, -0.05) is 11.2 Å². The van der Waals surface area contributed by atoms with E-state index < -0.39 is 5.85 Å². The molecule has 6 heteroatoms. The maximum Gasteiger partial charge on any atom is 0.216 e. The van der Waals surface area contributed by atoms with Crippen molar-refractivity contribution < 1.29 is 9.63 Å². The first-order chi connectivity index (χ1) is 6.50. The van der Waals surface area contributed by atoms with Gasteiger partial charge in [0.25, 0.3) is 0 Å². The summed E-state index contributed by atoms with van der Waals surface area (Å²) < 4.78 is 4.91. The molecule has 0 aliphatic rings. The van der Waals surface area contributed by atoms with Crippen LogP contribution >= 0.6 is 0 Å². The van der Waals surface area contributed by atoms with Crippen LogP contribution in [0.15, 0.2) is 22.7 Å². The molecule has 74 valence electrons. The van der Waals surface area contributed by atoms with E-state index in [-0.39, 0.29) is 5.69 Å². The third-order valence-electron chi connectivity index (χ3n) is 1.91. The van der Waals surface area contributed by atoms with Crippen molar-refractivity contribution in [2.75, 3.05) is 5.73 Å². The van der Waals surface area contributed by atoms with Crippen LogP contribution in [0, 0.1) is 0 Å². The number of nitrogens with zero attached hydrogens (tertiary/aromatic N) is 1. The van der Waals surface area contributed by atoms with Gasteiger partial charge in [0.2, 0.25) is 5.85 Å². The van der Waals surface area contributed by atoms with Gasteiger partial charge in [0.15, 0.2) is 11.3 Å². The molecular weight excluding hydrogens is 184 g/mol. The van der Waals surface area contributed by atoms with Crippen molar-refractivity contribution >= 4 is 16.7 Å². The zero-order valence-corrected chi connectivity index (χ0v) is 7.27. The predicted octanol–water partition coefficient (Wildman–Crippen LogP) is -0.570. The zero-order chi connectivity index (χ0) is 10.3. The van der Waals surface area contributed by atoms with Crippen LogP contribution in [0.2, 0.25) is 0 Å². The molecule has 1 aromatic carbocycles. The molecule has 0 spiro atoms. The average molecular weight is 194 g/mol. The quantitative estimate of drug-likeness (QED) is 0.356. The molecule has 0 amide bonds. The summed E-state index contributed by atoms with van der Waals surface area (Å²) in [6.07, 6.45) is 0. The van der Waals surface area contributed by atoms with E-state index >= 15 is 0 Å². The van der Waals surface area contributed by atoms with Gasteiger partial charge in [0.05, 0.1) is 5.39 Å². The van der Waals surface area contributed by atoms with Gasteiger partial charge in [-0.15, -0.1) is 0 Å². The van der Waals surface area contributed by atoms with Gasteiger partial charge in [-0.2, -0.15) is 0 Å². The lowest BCUT2D eigenvalue weighted by atomic mass is 10.1. The molecule has 1 heterocycles. The van der Waals surface area contributed by atoms with Crippen LogP contribution in [0.1, 0.15) is 5.69 Å². The number of anilines is 1. The number of hydrogen-bond donors (Lipinski definition) is 4. The van der Waals surface area contributed by atoms with Gasteiger partial charge in [0, 0.05) is 5.69 Å². The van der Waals surface area contributed by atoms with E-state index in [1.165, 1.54) is 0 Å². The van der Waals surface area contributed by atoms with Gasteiger partial charge in [-0.3, -0.25) is 11.5 Å². The monoisotopic (exact) mass is 194 g/mol. The maximum atomic E-state index is 9.38. The molecule has 0 radical (unpaired) electrons. The summed E-state index contributed by atoms with van der Waals surface area (Å²) in [6.45, 7) is 0. The Morgan fingerprint density at radius 3 is 2.71 bits per heavy atom. The summed E-state index contributed by atoms with van der Waals surface area (Å²) in [5.41, 5.74) is 17.1. The van der Waals surface area contributed by atoms with Gasteiger partial charge in [-0.05, 0) is 12.1 Å². The lowest BCUT2D eigenvalue weighted by molar-refractivity contribution is 0.0444. The fraction of sp³-hybridized carbons (Fsp3) is 0.125. The second-order valence-electron chi connectivity index (χ2n) is 3.08. The molecule has 6 nitrogen and oxygen atoms in total. The largest absolute Gasteiger partial charge is 0.398 e. The minimum atomic E-state index is -2.04. The van der Waals surface area contributed by atoms with E-state index in [0.717, 1.165) is 0 Å². The molecule has 0 aliphatic carbocycles. The smallest absolute Gasteiger partial charge is 0.216 e. The van der Waals surface area contributed by atoms with Crippen LogP contribution in [-0.2, 0) is 5.85 Å². The van der Waals surface area contributed by atoms with Crippen LogP contribution in [-0.4, -0.2) is 10.3 Å². The van der Waals surface area contributed by atoms with E-state index in [1.807, 2.05) is 0 Å². The number of nitrogens with two attached hydrogens (primary N) is 3. The molecule has 1 aromatic heterocycles. The molecule has 2 rings (SSSR count). The summed E-state index contributed by atoms with van der Waals surface area (Å²) in [5.74, 6) is -2.04. The highest BCUT2D eigenvalue weighted by Crippen LogP contribution is 2.27. The molecule has 0 saturated carbocycles. The van der Waals surface area contributed by atoms with Gasteiger partial charge in [0.1, 0.15) is 0 Å². The number of aromatic nitrogens is 1. The van der Waals surface area contributed by atoms with Crippen LogP contribution in [0.3, 0.4) is 0 Å². The molecule has 0 unspecified atom stereocenters. The van der Waals surface area contributed by atoms with Crippen molar-refractivity contribution in [1.82, 2.24) is 5.16 Å². The molecule has 0 aliphatic heterocycles. The summed E-state index contributed by atoms with van der Waals surface area (Å²) in [5, 5.41) is 13.4. The number of hydrogen-bond acceptors (Lipinski definition) is 6. The lowest BCUT2D eigenvalue weighted by Crippen LogP contribution is -2.46. The van der Waals surface area contributed by atoms with Crippen LogP contribution < -0.4 is 17.2 Å². The lowest BCUT2D eigenvalue weighted by Gasteiger charge is -2.13. The second kappa shape index (κ2) is 2.68. The average Bonchev–Trinajstić information content (AvgIpc) is 2.47. The summed E-state index contributed by atoms with van der Waals surface area (Å²) >= 11 is 0. The molecule has 0 fully saturated rings. The van der Waals surface area contributed by atoms with Crippen molar-refractivity contribution in [3.8, 4) is 0 Å². The molecule has 0 saturated heterocycles. The second-order valence-corrected chi connectivity index (χ2v) is 3.08. The molecule has 0 bridgehead atoms. The van der Waals surface area contributed by atoms with E-state index in [0.29, 0.717) is 16.7 Å². The van der Waals surface area contributed by atoms with Gasteiger partial charge < -0.3 is 15.4 Å². The van der Waals surface area contributed by atoms with Gasteiger partial charge in [-0.25, -0.2) is 0 Å². The molecule has 0 atom stereocenters. The molecule has 7 N–H and O–H groups in total. The topological polar surface area (TPSA) is 124 Å². The first kappa shape index (κ1) is 8.95. The molecule has 2 aromatic rings. The number of fused-ring (bicyclic) bond motifs is 1. The molecular formula is C8H10N4O2. The van der Waals surface area contributed by atoms with E-state index in [1.54, 1.807) is 18.2 Å².